The first-order valence-corrected chi connectivity index (χ1v) is 10.2. The highest BCUT2D eigenvalue weighted by Crippen LogP contribution is 2.30. The number of nitrogens with two attached hydrogens (primary N) is 1. The number of carbonyl (C=O) groups is 1. The summed E-state index contributed by atoms with van der Waals surface area (Å²) >= 11 is 0. The molecule has 4 N–H and O–H groups in total. The lowest BCUT2D eigenvalue weighted by atomic mass is 9.87. The van der Waals surface area contributed by atoms with Crippen LogP contribution in [-0.4, -0.2) is 39.3 Å². The molecule has 9 heteroatoms. The number of nitrogens with one attached hydrogen (secondary N) is 2. The van der Waals surface area contributed by atoms with Gasteiger partial charge in [-0.25, -0.2) is 13.1 Å². The quantitative estimate of drug-likeness (QED) is 0.568. The normalized spacial score (nSPS) is 16.7. The van der Waals surface area contributed by atoms with Gasteiger partial charge in [-0.3, -0.25) is 4.79 Å². The van der Waals surface area contributed by atoms with Crippen LogP contribution in [0.15, 0.2) is 18.2 Å². The van der Waals surface area contributed by atoms with E-state index in [0.29, 0.717) is 5.69 Å². The van der Waals surface area contributed by atoms with Gasteiger partial charge in [-0.05, 0) is 56.4 Å². The van der Waals surface area contributed by atoms with Crippen molar-refractivity contribution < 1.29 is 17.9 Å². The number of benzene rings is 1. The predicted octanol–water partition coefficient (Wildman–Crippen LogP) is 1.53. The molecule has 1 aromatic carbocycles. The van der Waals surface area contributed by atoms with Crippen LogP contribution >= 0.6 is 12.4 Å². The first-order chi connectivity index (χ1) is 11.8. The molecule has 0 bridgehead atoms. The summed E-state index contributed by atoms with van der Waals surface area (Å²) in [5, 5.41) is 2.90. The predicted molar refractivity (Wildman–Crippen MR) is 105 cm³/mol. The average Bonchev–Trinajstić information content (AvgIpc) is 2.52. The molecule has 0 aromatic heterocycles. The third-order valence-electron chi connectivity index (χ3n) is 4.07. The zero-order valence-electron chi connectivity index (χ0n) is 15.2. The Bertz CT molecular complexity index is 710. The van der Waals surface area contributed by atoms with Crippen molar-refractivity contribution in [3.05, 3.63) is 29.3 Å². The molecule has 1 aliphatic carbocycles. The van der Waals surface area contributed by atoms with Gasteiger partial charge < -0.3 is 15.8 Å². The van der Waals surface area contributed by atoms with Crippen LogP contribution in [0.5, 0.6) is 0 Å². The first-order valence-electron chi connectivity index (χ1n) is 8.53. The molecule has 0 saturated heterocycles. The molecule has 1 atom stereocenters. The number of hydrogen-bond acceptors (Lipinski definition) is 5. The minimum Gasteiger partial charge on any atom is -0.399 e. The Kier molecular flexibility index (Phi) is 8.82. The number of fused-ring (bicyclic) bond motifs is 1. The van der Waals surface area contributed by atoms with E-state index < -0.39 is 10.0 Å². The molecule has 148 valence electrons. The van der Waals surface area contributed by atoms with Gasteiger partial charge in [-0.2, -0.15) is 0 Å². The Morgan fingerprint density at radius 1 is 1.38 bits per heavy atom. The lowest BCUT2D eigenvalue weighted by Gasteiger charge is -2.26. The van der Waals surface area contributed by atoms with E-state index in [2.05, 4.69) is 10.0 Å². The van der Waals surface area contributed by atoms with Crippen LogP contribution in [0.2, 0.25) is 0 Å². The maximum atomic E-state index is 12.1. The van der Waals surface area contributed by atoms with E-state index in [0.717, 1.165) is 30.4 Å². The van der Waals surface area contributed by atoms with Crippen molar-refractivity contribution in [3.63, 3.8) is 0 Å². The van der Waals surface area contributed by atoms with Crippen LogP contribution in [0.25, 0.3) is 0 Å². The third kappa shape index (κ3) is 7.11. The molecule has 0 spiro atoms. The van der Waals surface area contributed by atoms with Gasteiger partial charge in [0.05, 0.1) is 31.1 Å². The van der Waals surface area contributed by atoms with Crippen LogP contribution in [0.3, 0.4) is 0 Å². The fraction of sp³-hybridized carbons (Fsp3) is 0.588. The number of anilines is 1. The van der Waals surface area contributed by atoms with Crippen molar-refractivity contribution in [1.29, 1.82) is 0 Å². The number of hydrogen-bond donors (Lipinski definition) is 3. The highest BCUT2D eigenvalue weighted by molar-refractivity contribution is 7.89. The van der Waals surface area contributed by atoms with Crippen molar-refractivity contribution in [2.45, 2.75) is 45.3 Å². The number of nitrogen functional groups attached to an aromatic ring is 1. The standard InChI is InChI=1S/C17H27N3O4S.ClH/c1-12(2)24-8-9-25(22,23)19-11-17(21)20-16-5-3-4-13-10-14(18)6-7-15(13)16;/h6-7,10,12,16,19H,3-5,8-9,11,18H2,1-2H3,(H,20,21);1H. The van der Waals surface area contributed by atoms with Crippen molar-refractivity contribution in [3.8, 4) is 0 Å². The molecule has 1 aliphatic rings. The van der Waals surface area contributed by atoms with Gasteiger partial charge in [-0.1, -0.05) is 6.07 Å². The molecular formula is C17H28ClN3O4S. The lowest BCUT2D eigenvalue weighted by molar-refractivity contribution is -0.120. The maximum absolute atomic E-state index is 12.1. The lowest BCUT2D eigenvalue weighted by Crippen LogP contribution is -2.40. The number of halogens is 1. The summed E-state index contributed by atoms with van der Waals surface area (Å²) in [6.07, 6.45) is 2.70. The van der Waals surface area contributed by atoms with Gasteiger partial charge in [0.15, 0.2) is 0 Å². The Hall–Kier alpha value is -1.35. The van der Waals surface area contributed by atoms with E-state index in [9.17, 15) is 13.2 Å². The van der Waals surface area contributed by atoms with Crippen LogP contribution in [0, 0.1) is 0 Å². The van der Waals surface area contributed by atoms with Gasteiger partial charge in [0.25, 0.3) is 0 Å². The van der Waals surface area contributed by atoms with Gasteiger partial charge in [0, 0.05) is 5.69 Å². The van der Waals surface area contributed by atoms with E-state index in [1.807, 2.05) is 32.0 Å². The summed E-state index contributed by atoms with van der Waals surface area (Å²) in [5.74, 6) is -0.507. The Morgan fingerprint density at radius 2 is 2.12 bits per heavy atom. The summed E-state index contributed by atoms with van der Waals surface area (Å²) in [6, 6.07) is 5.58. The average molecular weight is 406 g/mol. The van der Waals surface area contributed by atoms with Crippen molar-refractivity contribution in [2.24, 2.45) is 0 Å². The molecule has 0 heterocycles. The number of sulfonamides is 1. The largest absolute Gasteiger partial charge is 0.399 e. The number of ether oxygens (including phenoxy) is 1. The second-order valence-corrected chi connectivity index (χ2v) is 8.46. The Balaban J connectivity index is 0.00000338. The van der Waals surface area contributed by atoms with E-state index in [-0.39, 0.29) is 49.4 Å². The van der Waals surface area contributed by atoms with Gasteiger partial charge >= 0.3 is 0 Å². The number of rotatable bonds is 8. The molecule has 1 amide bonds. The minimum absolute atomic E-state index is 0. The summed E-state index contributed by atoms with van der Waals surface area (Å²) in [7, 11) is -3.53. The summed E-state index contributed by atoms with van der Waals surface area (Å²) in [4.78, 5) is 12.1. The van der Waals surface area contributed by atoms with E-state index in [4.69, 9.17) is 10.5 Å². The Labute approximate surface area is 161 Å². The molecule has 26 heavy (non-hydrogen) atoms. The monoisotopic (exact) mass is 405 g/mol. The van der Waals surface area contributed by atoms with E-state index in [1.165, 1.54) is 0 Å². The molecule has 0 fully saturated rings. The molecule has 1 aromatic rings. The smallest absolute Gasteiger partial charge is 0.235 e. The fourth-order valence-corrected chi connectivity index (χ4v) is 3.68. The summed E-state index contributed by atoms with van der Waals surface area (Å²) in [6.45, 7) is 3.50. The van der Waals surface area contributed by atoms with Crippen molar-refractivity contribution >= 4 is 34.0 Å². The molecule has 2 rings (SSSR count). The second kappa shape index (κ2) is 10.1. The van der Waals surface area contributed by atoms with Crippen LogP contribution in [-0.2, 0) is 26.0 Å². The number of aryl methyl sites for hydroxylation is 1. The van der Waals surface area contributed by atoms with Crippen molar-refractivity contribution in [2.75, 3.05) is 24.6 Å². The minimum atomic E-state index is -3.53. The SMILES string of the molecule is CC(C)OCCS(=O)(=O)NCC(=O)NC1CCCc2cc(N)ccc21.Cl. The highest BCUT2D eigenvalue weighted by Gasteiger charge is 2.22. The zero-order valence-corrected chi connectivity index (χ0v) is 16.8. The fourth-order valence-electron chi connectivity index (χ4n) is 2.87. The highest BCUT2D eigenvalue weighted by atomic mass is 35.5. The molecule has 0 aliphatic heterocycles. The molecular weight excluding hydrogens is 378 g/mol. The molecule has 7 nitrogen and oxygen atoms in total. The van der Waals surface area contributed by atoms with Crippen LogP contribution in [0.1, 0.15) is 43.9 Å². The number of amides is 1. The first kappa shape index (κ1) is 22.7. The summed E-state index contributed by atoms with van der Waals surface area (Å²) in [5.41, 5.74) is 8.72. The zero-order chi connectivity index (χ0) is 18.4. The van der Waals surface area contributed by atoms with Gasteiger partial charge in [0.2, 0.25) is 15.9 Å². The molecule has 0 radical (unpaired) electrons. The van der Waals surface area contributed by atoms with E-state index in [1.54, 1.807) is 0 Å². The van der Waals surface area contributed by atoms with Gasteiger partial charge in [-0.15, -0.1) is 12.4 Å². The van der Waals surface area contributed by atoms with Gasteiger partial charge in [0.1, 0.15) is 0 Å². The maximum Gasteiger partial charge on any atom is 0.235 e. The molecule has 1 unspecified atom stereocenters. The van der Waals surface area contributed by atoms with Crippen LogP contribution < -0.4 is 15.8 Å². The topological polar surface area (TPSA) is 111 Å². The second-order valence-electron chi connectivity index (χ2n) is 6.53. The third-order valence-corrected chi connectivity index (χ3v) is 5.36. The number of carbonyl (C=O) groups excluding carboxylic acids is 1. The summed E-state index contributed by atoms with van der Waals surface area (Å²) < 4.78 is 31.3. The van der Waals surface area contributed by atoms with Crippen molar-refractivity contribution in [1.82, 2.24) is 10.0 Å². The Morgan fingerprint density at radius 3 is 2.81 bits per heavy atom. The molecule has 0 saturated carbocycles. The van der Waals surface area contributed by atoms with E-state index >= 15 is 0 Å². The van der Waals surface area contributed by atoms with Crippen LogP contribution in [0.4, 0.5) is 5.69 Å².